The first kappa shape index (κ1) is 13.4. The molecule has 0 heterocycles. The van der Waals surface area contributed by atoms with E-state index in [9.17, 15) is 4.79 Å². The van der Waals surface area contributed by atoms with Gasteiger partial charge >= 0.3 is 5.97 Å². The number of hydrogen-bond acceptors (Lipinski definition) is 3. The molecule has 0 radical (unpaired) electrons. The zero-order valence-corrected chi connectivity index (χ0v) is 9.54. The topological polar surface area (TPSA) is 50.1 Å². The predicted octanol–water partition coefficient (Wildman–Crippen LogP) is 2.60. The molecule has 0 aliphatic heterocycles. The number of allylic oxidation sites excluding steroid dienone is 2. The van der Waals surface area contributed by atoms with Crippen LogP contribution >= 0.6 is 0 Å². The fourth-order valence-corrected chi connectivity index (χ4v) is 1.30. The second-order valence-electron chi connectivity index (χ2n) is 3.20. The Labute approximate surface area is 91.0 Å². The van der Waals surface area contributed by atoms with Gasteiger partial charge in [-0.1, -0.05) is 12.2 Å². The van der Waals surface area contributed by atoms with E-state index in [1.807, 2.05) is 6.07 Å². The summed E-state index contributed by atoms with van der Waals surface area (Å²) < 4.78 is 4.92. The predicted molar refractivity (Wildman–Crippen MR) is 58.9 cm³/mol. The van der Waals surface area contributed by atoms with E-state index in [4.69, 9.17) is 10.00 Å². The molecule has 3 nitrogen and oxygen atoms in total. The molecule has 0 N–H and O–H groups in total. The maximum Gasteiger partial charge on any atom is 0.331 e. The molecule has 15 heavy (non-hydrogen) atoms. The summed E-state index contributed by atoms with van der Waals surface area (Å²) in [6.45, 7) is 9.11. The molecule has 0 amide bonds. The summed E-state index contributed by atoms with van der Waals surface area (Å²) >= 11 is 0. The van der Waals surface area contributed by atoms with Gasteiger partial charge in [-0.05, 0) is 32.8 Å². The van der Waals surface area contributed by atoms with E-state index in [1.54, 1.807) is 32.9 Å². The molecule has 1 unspecified atom stereocenters. The quantitative estimate of drug-likeness (QED) is 0.514. The molecule has 0 aliphatic rings. The second kappa shape index (κ2) is 6.02. The SMILES string of the molecule is C=CCC(C#N)(C(=O)OCC)C(C)=CC. The molecule has 0 fully saturated rings. The summed E-state index contributed by atoms with van der Waals surface area (Å²) in [5, 5.41) is 9.17. The minimum absolute atomic E-state index is 0.274. The largest absolute Gasteiger partial charge is 0.465 e. The first-order valence-electron chi connectivity index (χ1n) is 4.91. The van der Waals surface area contributed by atoms with Crippen LogP contribution in [0.15, 0.2) is 24.3 Å². The Morgan fingerprint density at radius 1 is 1.67 bits per heavy atom. The maximum atomic E-state index is 11.8. The Bertz CT molecular complexity index is 312. The van der Waals surface area contributed by atoms with Gasteiger partial charge in [-0.25, -0.2) is 4.79 Å². The summed E-state index contributed by atoms with van der Waals surface area (Å²) in [5.41, 5.74) is -0.504. The molecule has 0 aromatic heterocycles. The summed E-state index contributed by atoms with van der Waals surface area (Å²) in [6.07, 6.45) is 3.59. The average Bonchev–Trinajstić information content (AvgIpc) is 2.25. The van der Waals surface area contributed by atoms with E-state index in [-0.39, 0.29) is 13.0 Å². The minimum atomic E-state index is -1.20. The first-order valence-corrected chi connectivity index (χ1v) is 4.91. The third-order valence-electron chi connectivity index (χ3n) is 2.37. The van der Waals surface area contributed by atoms with Gasteiger partial charge in [0.1, 0.15) is 0 Å². The normalized spacial score (nSPS) is 14.9. The van der Waals surface area contributed by atoms with Crippen molar-refractivity contribution in [3.63, 3.8) is 0 Å². The molecule has 0 aromatic rings. The zero-order valence-electron chi connectivity index (χ0n) is 9.54. The number of nitrogens with zero attached hydrogens (tertiary/aromatic N) is 1. The molecular formula is C12H17NO2. The van der Waals surface area contributed by atoms with E-state index < -0.39 is 11.4 Å². The molecule has 82 valence electrons. The lowest BCUT2D eigenvalue weighted by atomic mass is 9.79. The van der Waals surface area contributed by atoms with Gasteiger partial charge in [0, 0.05) is 0 Å². The number of carbonyl (C=O) groups excluding carboxylic acids is 1. The highest BCUT2D eigenvalue weighted by molar-refractivity contribution is 5.84. The first-order chi connectivity index (χ1) is 7.08. The molecule has 0 bridgehead atoms. The third-order valence-corrected chi connectivity index (χ3v) is 2.37. The van der Waals surface area contributed by atoms with Crippen molar-refractivity contribution in [2.75, 3.05) is 6.61 Å². The van der Waals surface area contributed by atoms with Crippen LogP contribution in [0.25, 0.3) is 0 Å². The minimum Gasteiger partial charge on any atom is -0.465 e. The molecule has 0 rings (SSSR count). The lowest BCUT2D eigenvalue weighted by Gasteiger charge is -2.23. The summed E-state index contributed by atoms with van der Waals surface area (Å²) in [4.78, 5) is 11.8. The number of esters is 1. The van der Waals surface area contributed by atoms with Crippen molar-refractivity contribution in [3.8, 4) is 6.07 Å². The highest BCUT2D eigenvalue weighted by atomic mass is 16.5. The Kier molecular flexibility index (Phi) is 5.40. The van der Waals surface area contributed by atoms with E-state index in [2.05, 4.69) is 6.58 Å². The third kappa shape index (κ3) is 2.69. The molecule has 0 aromatic carbocycles. The van der Waals surface area contributed by atoms with Crippen molar-refractivity contribution in [2.24, 2.45) is 5.41 Å². The monoisotopic (exact) mass is 207 g/mol. The Hall–Kier alpha value is -1.56. The zero-order chi connectivity index (χ0) is 11.9. The van der Waals surface area contributed by atoms with Gasteiger partial charge in [0.25, 0.3) is 0 Å². The van der Waals surface area contributed by atoms with Crippen LogP contribution in [0.5, 0.6) is 0 Å². The molecule has 0 saturated carbocycles. The van der Waals surface area contributed by atoms with E-state index in [0.29, 0.717) is 5.57 Å². The second-order valence-corrected chi connectivity index (χ2v) is 3.20. The molecule has 1 atom stereocenters. The van der Waals surface area contributed by atoms with Gasteiger partial charge < -0.3 is 4.74 Å². The van der Waals surface area contributed by atoms with Crippen LogP contribution in [-0.2, 0) is 9.53 Å². The van der Waals surface area contributed by atoms with Crippen molar-refractivity contribution in [1.29, 1.82) is 5.26 Å². The van der Waals surface area contributed by atoms with Crippen LogP contribution in [0.2, 0.25) is 0 Å². The number of rotatable bonds is 5. The summed E-state index contributed by atoms with van der Waals surface area (Å²) in [7, 11) is 0. The van der Waals surface area contributed by atoms with Gasteiger partial charge in [0.05, 0.1) is 12.7 Å². The van der Waals surface area contributed by atoms with Crippen molar-refractivity contribution in [2.45, 2.75) is 27.2 Å². The van der Waals surface area contributed by atoms with Gasteiger partial charge in [-0.15, -0.1) is 6.58 Å². The molecule has 0 aliphatic carbocycles. The van der Waals surface area contributed by atoms with Crippen molar-refractivity contribution in [1.82, 2.24) is 0 Å². The lowest BCUT2D eigenvalue weighted by molar-refractivity contribution is -0.149. The molecule has 0 saturated heterocycles. The Balaban J connectivity index is 5.26. The van der Waals surface area contributed by atoms with Gasteiger partial charge in [-0.2, -0.15) is 5.26 Å². The van der Waals surface area contributed by atoms with Crippen molar-refractivity contribution in [3.05, 3.63) is 24.3 Å². The van der Waals surface area contributed by atoms with Crippen LogP contribution in [0.1, 0.15) is 27.2 Å². The molecule has 0 spiro atoms. The van der Waals surface area contributed by atoms with Crippen LogP contribution < -0.4 is 0 Å². The van der Waals surface area contributed by atoms with Crippen molar-refractivity contribution < 1.29 is 9.53 Å². The number of hydrogen-bond donors (Lipinski definition) is 0. The fourth-order valence-electron chi connectivity index (χ4n) is 1.30. The lowest BCUT2D eigenvalue weighted by Crippen LogP contribution is -2.32. The fraction of sp³-hybridized carbons (Fsp3) is 0.500. The number of carbonyl (C=O) groups is 1. The Morgan fingerprint density at radius 2 is 2.27 bits per heavy atom. The average molecular weight is 207 g/mol. The number of nitriles is 1. The molecular weight excluding hydrogens is 190 g/mol. The van der Waals surface area contributed by atoms with E-state index in [1.165, 1.54) is 0 Å². The smallest absolute Gasteiger partial charge is 0.331 e. The number of ether oxygens (including phenoxy) is 1. The van der Waals surface area contributed by atoms with Crippen LogP contribution in [0, 0.1) is 16.7 Å². The summed E-state index contributed by atoms with van der Waals surface area (Å²) in [5.74, 6) is -0.497. The van der Waals surface area contributed by atoms with Gasteiger partial charge in [0.15, 0.2) is 5.41 Å². The van der Waals surface area contributed by atoms with Crippen LogP contribution in [0.4, 0.5) is 0 Å². The van der Waals surface area contributed by atoms with Crippen LogP contribution in [-0.4, -0.2) is 12.6 Å². The Morgan fingerprint density at radius 3 is 2.60 bits per heavy atom. The highest BCUT2D eigenvalue weighted by Crippen LogP contribution is 2.32. The molecule has 3 heteroatoms. The maximum absolute atomic E-state index is 11.8. The van der Waals surface area contributed by atoms with Gasteiger partial charge in [0.2, 0.25) is 0 Å². The van der Waals surface area contributed by atoms with Crippen LogP contribution in [0.3, 0.4) is 0 Å². The van der Waals surface area contributed by atoms with E-state index >= 15 is 0 Å². The van der Waals surface area contributed by atoms with Crippen molar-refractivity contribution >= 4 is 5.97 Å². The summed E-state index contributed by atoms with van der Waals surface area (Å²) in [6, 6.07) is 2.04. The standard InChI is InChI=1S/C12H17NO2/c1-5-8-12(9-13,10(4)6-2)11(14)15-7-3/h5-6H,1,7-8H2,2-4H3. The van der Waals surface area contributed by atoms with Gasteiger partial charge in [-0.3, -0.25) is 0 Å². The van der Waals surface area contributed by atoms with E-state index in [0.717, 1.165) is 0 Å². The highest BCUT2D eigenvalue weighted by Gasteiger charge is 2.40.